The summed E-state index contributed by atoms with van der Waals surface area (Å²) in [5, 5.41) is 5.43. The van der Waals surface area contributed by atoms with Gasteiger partial charge in [0.25, 0.3) is 5.91 Å². The van der Waals surface area contributed by atoms with E-state index in [0.717, 1.165) is 28.0 Å². The van der Waals surface area contributed by atoms with Crippen LogP contribution >= 0.6 is 0 Å². The van der Waals surface area contributed by atoms with Gasteiger partial charge in [0.15, 0.2) is 0 Å². The van der Waals surface area contributed by atoms with Gasteiger partial charge < -0.3 is 10.6 Å². The number of fused-ring (bicyclic) bond motifs is 2. The molecule has 132 valence electrons. The number of aryl methyl sites for hydroxylation is 2. The van der Waals surface area contributed by atoms with E-state index in [-0.39, 0.29) is 12.5 Å². The first kappa shape index (κ1) is 16.3. The molecule has 0 radical (unpaired) electrons. The van der Waals surface area contributed by atoms with Gasteiger partial charge in [-0.15, -0.1) is 0 Å². The second-order valence-electron chi connectivity index (χ2n) is 6.65. The fourth-order valence-electron chi connectivity index (χ4n) is 3.66. The largest absolute Gasteiger partial charge is 0.325 e. The van der Waals surface area contributed by atoms with Crippen molar-refractivity contribution in [1.29, 1.82) is 0 Å². The average Bonchev–Trinajstić information content (AvgIpc) is 3.09. The number of imide groups is 1. The second-order valence-corrected chi connectivity index (χ2v) is 6.65. The first-order valence-electron chi connectivity index (χ1n) is 8.44. The third-order valence-electron chi connectivity index (χ3n) is 4.91. The summed E-state index contributed by atoms with van der Waals surface area (Å²) >= 11 is 0. The van der Waals surface area contributed by atoms with Gasteiger partial charge in [-0.05, 0) is 48.6 Å². The minimum Gasteiger partial charge on any atom is -0.319 e. The number of carbonyl (C=O) groups is 3. The quantitative estimate of drug-likeness (QED) is 0.825. The molecule has 0 unspecified atom stereocenters. The Morgan fingerprint density at radius 1 is 1.31 bits per heavy atom. The third kappa shape index (κ3) is 2.52. The number of urea groups is 1. The summed E-state index contributed by atoms with van der Waals surface area (Å²) in [4.78, 5) is 42.7. The standard InChI is InChI=1S/C19H18N4O3/c1-12-7-9-20-15(10-12)21-16(24)11-23-17(25)19(22-18(23)26)8-6-13-4-2-3-5-14(13)19/h2-5,7,9-10H,6,8,11H2,1H3,(H,22,26)(H,20,21,24)/t19-/m1/s1. The van der Waals surface area contributed by atoms with E-state index >= 15 is 0 Å². The fourth-order valence-corrected chi connectivity index (χ4v) is 3.66. The van der Waals surface area contributed by atoms with E-state index in [0.29, 0.717) is 12.2 Å². The molecular weight excluding hydrogens is 332 g/mol. The summed E-state index contributed by atoms with van der Waals surface area (Å²) in [6.07, 6.45) is 2.81. The minimum absolute atomic E-state index is 0.343. The Morgan fingerprint density at radius 3 is 2.92 bits per heavy atom. The Labute approximate surface area is 150 Å². The van der Waals surface area contributed by atoms with Crippen LogP contribution in [-0.4, -0.2) is 34.3 Å². The molecule has 7 heteroatoms. The summed E-state index contributed by atoms with van der Waals surface area (Å²) in [5.41, 5.74) is 1.78. The maximum absolute atomic E-state index is 13.0. The van der Waals surface area contributed by atoms with Gasteiger partial charge in [0.2, 0.25) is 5.91 Å². The lowest BCUT2D eigenvalue weighted by atomic mass is 9.92. The van der Waals surface area contributed by atoms with Crippen LogP contribution in [-0.2, 0) is 21.5 Å². The zero-order valence-corrected chi connectivity index (χ0v) is 14.3. The number of nitrogens with zero attached hydrogens (tertiary/aromatic N) is 2. The highest BCUT2D eigenvalue weighted by Gasteiger charge is 2.55. The van der Waals surface area contributed by atoms with Crippen molar-refractivity contribution in [3.63, 3.8) is 0 Å². The zero-order valence-electron chi connectivity index (χ0n) is 14.3. The summed E-state index contributed by atoms with van der Waals surface area (Å²) in [7, 11) is 0. The molecule has 2 aliphatic rings. The van der Waals surface area contributed by atoms with Crippen molar-refractivity contribution in [2.45, 2.75) is 25.3 Å². The molecule has 1 spiro atoms. The zero-order chi connectivity index (χ0) is 18.3. The number of anilines is 1. The highest BCUT2D eigenvalue weighted by atomic mass is 16.2. The van der Waals surface area contributed by atoms with Gasteiger partial charge >= 0.3 is 6.03 Å². The van der Waals surface area contributed by atoms with Crippen LogP contribution in [0.15, 0.2) is 42.6 Å². The molecule has 26 heavy (non-hydrogen) atoms. The van der Waals surface area contributed by atoms with Crippen LogP contribution in [0.4, 0.5) is 10.6 Å². The summed E-state index contributed by atoms with van der Waals surface area (Å²) in [6, 6.07) is 10.6. The number of amides is 4. The van der Waals surface area contributed by atoms with Crippen molar-refractivity contribution in [3.8, 4) is 0 Å². The molecule has 2 heterocycles. The number of hydrogen-bond donors (Lipinski definition) is 2. The Balaban J connectivity index is 1.53. The molecule has 1 fully saturated rings. The molecule has 1 saturated heterocycles. The highest BCUT2D eigenvalue weighted by Crippen LogP contribution is 2.41. The van der Waals surface area contributed by atoms with Crippen LogP contribution in [0.1, 0.15) is 23.1 Å². The van der Waals surface area contributed by atoms with Crippen LogP contribution in [0.5, 0.6) is 0 Å². The predicted octanol–water partition coefficient (Wildman–Crippen LogP) is 1.72. The van der Waals surface area contributed by atoms with E-state index in [1.165, 1.54) is 0 Å². The van der Waals surface area contributed by atoms with Crippen molar-refractivity contribution in [1.82, 2.24) is 15.2 Å². The predicted molar refractivity (Wildman–Crippen MR) is 94.3 cm³/mol. The monoisotopic (exact) mass is 350 g/mol. The molecule has 7 nitrogen and oxygen atoms in total. The lowest BCUT2D eigenvalue weighted by Gasteiger charge is -2.22. The smallest absolute Gasteiger partial charge is 0.319 e. The molecular formula is C19H18N4O3. The Hall–Kier alpha value is -3.22. The van der Waals surface area contributed by atoms with E-state index < -0.39 is 17.5 Å². The van der Waals surface area contributed by atoms with Crippen molar-refractivity contribution in [2.24, 2.45) is 0 Å². The van der Waals surface area contributed by atoms with Crippen LogP contribution in [0.3, 0.4) is 0 Å². The Kier molecular flexibility index (Phi) is 3.72. The van der Waals surface area contributed by atoms with Gasteiger partial charge in [-0.3, -0.25) is 14.5 Å². The van der Waals surface area contributed by atoms with Crippen LogP contribution in [0.25, 0.3) is 0 Å². The van der Waals surface area contributed by atoms with Gasteiger partial charge in [0.1, 0.15) is 17.9 Å². The lowest BCUT2D eigenvalue weighted by Crippen LogP contribution is -2.43. The van der Waals surface area contributed by atoms with E-state index in [2.05, 4.69) is 15.6 Å². The number of pyridine rings is 1. The average molecular weight is 350 g/mol. The molecule has 1 aromatic heterocycles. The fraction of sp³-hybridized carbons (Fsp3) is 0.263. The summed E-state index contributed by atoms with van der Waals surface area (Å²) < 4.78 is 0. The second kappa shape index (κ2) is 5.94. The number of rotatable bonds is 3. The van der Waals surface area contributed by atoms with E-state index in [1.807, 2.05) is 37.3 Å². The maximum atomic E-state index is 13.0. The Bertz CT molecular complexity index is 927. The third-order valence-corrected chi connectivity index (χ3v) is 4.91. The van der Waals surface area contributed by atoms with Gasteiger partial charge in [-0.25, -0.2) is 9.78 Å². The number of aromatic nitrogens is 1. The van der Waals surface area contributed by atoms with Gasteiger partial charge in [0, 0.05) is 6.20 Å². The number of hydrogen-bond acceptors (Lipinski definition) is 4. The molecule has 4 amide bonds. The molecule has 2 aromatic rings. The molecule has 2 N–H and O–H groups in total. The summed E-state index contributed by atoms with van der Waals surface area (Å²) in [6.45, 7) is 1.54. The van der Waals surface area contributed by atoms with E-state index in [1.54, 1.807) is 12.3 Å². The van der Waals surface area contributed by atoms with Crippen molar-refractivity contribution in [2.75, 3.05) is 11.9 Å². The molecule has 1 aromatic carbocycles. The van der Waals surface area contributed by atoms with Crippen LogP contribution < -0.4 is 10.6 Å². The molecule has 1 aliphatic heterocycles. The Morgan fingerprint density at radius 2 is 2.12 bits per heavy atom. The van der Waals surface area contributed by atoms with E-state index in [9.17, 15) is 14.4 Å². The maximum Gasteiger partial charge on any atom is 0.325 e. The number of carbonyl (C=O) groups excluding carboxylic acids is 3. The molecule has 0 bridgehead atoms. The summed E-state index contributed by atoms with van der Waals surface area (Å²) in [5.74, 6) is -0.447. The highest BCUT2D eigenvalue weighted by molar-refractivity contribution is 6.10. The molecule has 0 saturated carbocycles. The van der Waals surface area contributed by atoms with Crippen molar-refractivity contribution >= 4 is 23.7 Å². The normalized spacial score (nSPS) is 21.0. The molecule has 1 atom stereocenters. The van der Waals surface area contributed by atoms with Crippen LogP contribution in [0, 0.1) is 6.92 Å². The minimum atomic E-state index is -1.05. The first-order chi connectivity index (χ1) is 12.5. The lowest BCUT2D eigenvalue weighted by molar-refractivity contribution is -0.134. The van der Waals surface area contributed by atoms with Crippen LogP contribution in [0.2, 0.25) is 0 Å². The topological polar surface area (TPSA) is 91.4 Å². The van der Waals surface area contributed by atoms with Gasteiger partial charge in [-0.2, -0.15) is 0 Å². The molecule has 4 rings (SSSR count). The van der Waals surface area contributed by atoms with Gasteiger partial charge in [0.05, 0.1) is 0 Å². The van der Waals surface area contributed by atoms with E-state index in [4.69, 9.17) is 0 Å². The SMILES string of the molecule is Cc1ccnc(NC(=O)CN2C(=O)N[C@@]3(CCc4ccccc43)C2=O)c1. The number of benzene rings is 1. The number of nitrogens with one attached hydrogen (secondary N) is 2. The first-order valence-corrected chi connectivity index (χ1v) is 8.44. The van der Waals surface area contributed by atoms with Gasteiger partial charge in [-0.1, -0.05) is 24.3 Å². The van der Waals surface area contributed by atoms with Crippen molar-refractivity contribution < 1.29 is 14.4 Å². The van der Waals surface area contributed by atoms with Crippen molar-refractivity contribution in [3.05, 3.63) is 59.3 Å². The molecule has 1 aliphatic carbocycles.